The molecule has 0 aliphatic carbocycles. The Morgan fingerprint density at radius 3 is 2.83 bits per heavy atom. The predicted molar refractivity (Wildman–Crippen MR) is 81.6 cm³/mol. The molecule has 0 saturated heterocycles. The van der Waals surface area contributed by atoms with Crippen LogP contribution in [0.2, 0.25) is 0 Å². The molecule has 0 radical (unpaired) electrons. The SMILES string of the molecule is CCCCCC(C)NCCSc1nc(CC)ns1. The van der Waals surface area contributed by atoms with E-state index in [9.17, 15) is 0 Å². The molecule has 1 atom stereocenters. The molecule has 104 valence electrons. The highest BCUT2D eigenvalue weighted by molar-refractivity contribution is 8.00. The number of aryl methyl sites for hydroxylation is 1. The summed E-state index contributed by atoms with van der Waals surface area (Å²) in [5, 5.41) is 3.57. The second-order valence-electron chi connectivity index (χ2n) is 4.53. The van der Waals surface area contributed by atoms with Crippen LogP contribution in [0.5, 0.6) is 0 Å². The molecule has 1 aromatic heterocycles. The van der Waals surface area contributed by atoms with Gasteiger partial charge in [-0.15, -0.1) is 0 Å². The first kappa shape index (κ1) is 15.9. The lowest BCUT2D eigenvalue weighted by Crippen LogP contribution is -2.28. The lowest BCUT2D eigenvalue weighted by molar-refractivity contribution is 0.502. The molecule has 1 rings (SSSR count). The van der Waals surface area contributed by atoms with Crippen LogP contribution in [0.3, 0.4) is 0 Å². The summed E-state index contributed by atoms with van der Waals surface area (Å²) in [6, 6.07) is 0.637. The lowest BCUT2D eigenvalue weighted by Gasteiger charge is -2.12. The van der Waals surface area contributed by atoms with Crippen LogP contribution in [0.15, 0.2) is 4.34 Å². The van der Waals surface area contributed by atoms with E-state index in [0.29, 0.717) is 6.04 Å². The van der Waals surface area contributed by atoms with Gasteiger partial charge in [-0.25, -0.2) is 4.98 Å². The molecule has 0 aliphatic heterocycles. The smallest absolute Gasteiger partial charge is 0.170 e. The molecule has 0 aromatic carbocycles. The van der Waals surface area contributed by atoms with Crippen LogP contribution in [-0.4, -0.2) is 27.7 Å². The second kappa shape index (κ2) is 9.75. The Bertz CT molecular complexity index is 315. The number of nitrogens with zero attached hydrogens (tertiary/aromatic N) is 2. The molecule has 1 unspecified atom stereocenters. The highest BCUT2D eigenvalue weighted by Crippen LogP contribution is 2.19. The van der Waals surface area contributed by atoms with E-state index in [1.54, 1.807) is 0 Å². The number of thioether (sulfide) groups is 1. The van der Waals surface area contributed by atoms with Crippen LogP contribution < -0.4 is 5.32 Å². The fourth-order valence-corrected chi connectivity index (χ4v) is 3.32. The zero-order valence-electron chi connectivity index (χ0n) is 11.7. The van der Waals surface area contributed by atoms with Crippen LogP contribution in [0.25, 0.3) is 0 Å². The van der Waals surface area contributed by atoms with Gasteiger partial charge < -0.3 is 5.32 Å². The Balaban J connectivity index is 2.03. The van der Waals surface area contributed by atoms with Crippen molar-refractivity contribution >= 4 is 23.3 Å². The number of hydrogen-bond acceptors (Lipinski definition) is 5. The number of aromatic nitrogens is 2. The summed E-state index contributed by atoms with van der Waals surface area (Å²) >= 11 is 3.33. The fourth-order valence-electron chi connectivity index (χ4n) is 1.69. The van der Waals surface area contributed by atoms with Gasteiger partial charge in [0.1, 0.15) is 5.82 Å². The molecule has 0 amide bonds. The van der Waals surface area contributed by atoms with Gasteiger partial charge in [-0.05, 0) is 24.9 Å². The Morgan fingerprint density at radius 1 is 1.33 bits per heavy atom. The number of unbranched alkanes of at least 4 members (excludes halogenated alkanes) is 2. The summed E-state index contributed by atoms with van der Waals surface area (Å²) in [7, 11) is 0. The highest BCUT2D eigenvalue weighted by atomic mass is 32.2. The molecule has 0 fully saturated rings. The van der Waals surface area contributed by atoms with Crippen LogP contribution in [-0.2, 0) is 6.42 Å². The van der Waals surface area contributed by atoms with Gasteiger partial charge in [0.15, 0.2) is 4.34 Å². The van der Waals surface area contributed by atoms with E-state index in [2.05, 4.69) is 35.4 Å². The van der Waals surface area contributed by atoms with E-state index in [1.807, 2.05) is 11.8 Å². The molecule has 0 spiro atoms. The van der Waals surface area contributed by atoms with E-state index in [-0.39, 0.29) is 0 Å². The topological polar surface area (TPSA) is 37.8 Å². The van der Waals surface area contributed by atoms with E-state index >= 15 is 0 Å². The third-order valence-electron chi connectivity index (χ3n) is 2.83. The molecule has 5 heteroatoms. The maximum atomic E-state index is 4.45. The number of nitrogens with one attached hydrogen (secondary N) is 1. The molecule has 0 aliphatic rings. The molecular formula is C13H25N3S2. The minimum absolute atomic E-state index is 0.637. The van der Waals surface area contributed by atoms with E-state index < -0.39 is 0 Å². The van der Waals surface area contributed by atoms with Gasteiger partial charge in [0.2, 0.25) is 0 Å². The quantitative estimate of drug-likeness (QED) is 0.525. The van der Waals surface area contributed by atoms with Crippen molar-refractivity contribution in [3.63, 3.8) is 0 Å². The molecule has 0 bridgehead atoms. The monoisotopic (exact) mass is 287 g/mol. The summed E-state index contributed by atoms with van der Waals surface area (Å²) in [5.74, 6) is 2.06. The van der Waals surface area contributed by atoms with Crippen LogP contribution in [0, 0.1) is 0 Å². The summed E-state index contributed by atoms with van der Waals surface area (Å²) in [6.45, 7) is 7.68. The van der Waals surface area contributed by atoms with Crippen molar-refractivity contribution in [3.05, 3.63) is 5.82 Å². The largest absolute Gasteiger partial charge is 0.313 e. The first-order chi connectivity index (χ1) is 8.76. The van der Waals surface area contributed by atoms with Crippen LogP contribution >= 0.6 is 23.3 Å². The normalized spacial score (nSPS) is 12.8. The molecule has 3 nitrogen and oxygen atoms in total. The summed E-state index contributed by atoms with van der Waals surface area (Å²) in [6.07, 6.45) is 6.22. The van der Waals surface area contributed by atoms with E-state index in [4.69, 9.17) is 0 Å². The van der Waals surface area contributed by atoms with Gasteiger partial charge in [0.05, 0.1) is 0 Å². The Kier molecular flexibility index (Phi) is 8.63. The van der Waals surface area contributed by atoms with Gasteiger partial charge in [-0.2, -0.15) is 4.37 Å². The molecule has 18 heavy (non-hydrogen) atoms. The zero-order chi connectivity index (χ0) is 13.2. The van der Waals surface area contributed by atoms with Crippen LogP contribution in [0.1, 0.15) is 52.3 Å². The predicted octanol–water partition coefficient (Wildman–Crippen LogP) is 3.75. The number of rotatable bonds is 10. The maximum absolute atomic E-state index is 4.45. The van der Waals surface area contributed by atoms with Gasteiger partial charge in [-0.1, -0.05) is 44.9 Å². The van der Waals surface area contributed by atoms with Crippen molar-refractivity contribution in [2.75, 3.05) is 12.3 Å². The number of hydrogen-bond donors (Lipinski definition) is 1. The summed E-state index contributed by atoms with van der Waals surface area (Å²) < 4.78 is 5.39. The standard InChI is InChI=1S/C13H25N3S2/c1-4-6-7-8-11(3)14-9-10-17-13-15-12(5-2)16-18-13/h11,14H,4-10H2,1-3H3. The fraction of sp³-hybridized carbons (Fsp3) is 0.846. The molecule has 0 saturated carbocycles. The van der Waals surface area contributed by atoms with E-state index in [0.717, 1.165) is 28.9 Å². The van der Waals surface area contributed by atoms with Crippen molar-refractivity contribution in [3.8, 4) is 0 Å². The zero-order valence-corrected chi connectivity index (χ0v) is 13.4. The Morgan fingerprint density at radius 2 is 2.17 bits per heavy atom. The minimum Gasteiger partial charge on any atom is -0.313 e. The van der Waals surface area contributed by atoms with E-state index in [1.165, 1.54) is 37.2 Å². The van der Waals surface area contributed by atoms with Crippen molar-refractivity contribution in [2.45, 2.75) is 63.3 Å². The van der Waals surface area contributed by atoms with Gasteiger partial charge >= 0.3 is 0 Å². The molecule has 1 aromatic rings. The first-order valence-corrected chi connectivity index (χ1v) is 8.70. The highest BCUT2D eigenvalue weighted by Gasteiger charge is 2.04. The summed E-state index contributed by atoms with van der Waals surface area (Å²) in [5.41, 5.74) is 0. The third kappa shape index (κ3) is 6.71. The van der Waals surface area contributed by atoms with Gasteiger partial charge in [0.25, 0.3) is 0 Å². The van der Waals surface area contributed by atoms with Crippen molar-refractivity contribution in [2.24, 2.45) is 0 Å². The second-order valence-corrected chi connectivity index (χ2v) is 6.62. The first-order valence-electron chi connectivity index (χ1n) is 6.95. The lowest BCUT2D eigenvalue weighted by atomic mass is 10.1. The van der Waals surface area contributed by atoms with Crippen molar-refractivity contribution < 1.29 is 0 Å². The Hall–Kier alpha value is -0.130. The molecule has 1 heterocycles. The maximum Gasteiger partial charge on any atom is 0.170 e. The molecular weight excluding hydrogens is 262 g/mol. The summed E-state index contributed by atoms with van der Waals surface area (Å²) in [4.78, 5) is 4.45. The van der Waals surface area contributed by atoms with Crippen molar-refractivity contribution in [1.82, 2.24) is 14.7 Å². The Labute approximate surface area is 119 Å². The van der Waals surface area contributed by atoms with Gasteiger partial charge in [0, 0.05) is 24.8 Å². The van der Waals surface area contributed by atoms with Crippen molar-refractivity contribution in [1.29, 1.82) is 0 Å². The minimum atomic E-state index is 0.637. The van der Waals surface area contributed by atoms with Crippen LogP contribution in [0.4, 0.5) is 0 Å². The third-order valence-corrected chi connectivity index (χ3v) is 4.70. The average Bonchev–Trinajstić information content (AvgIpc) is 2.83. The molecule has 1 N–H and O–H groups in total. The average molecular weight is 287 g/mol. The van der Waals surface area contributed by atoms with Gasteiger partial charge in [-0.3, -0.25) is 0 Å².